The molecule has 0 unspecified atom stereocenters. The number of hydrogen-bond donors (Lipinski definition) is 1. The highest BCUT2D eigenvalue weighted by atomic mass is 32.2. The van der Waals surface area contributed by atoms with Crippen LogP contribution in [0.2, 0.25) is 0 Å². The van der Waals surface area contributed by atoms with Crippen LogP contribution in [0.5, 0.6) is 0 Å². The van der Waals surface area contributed by atoms with E-state index in [2.05, 4.69) is 5.10 Å². The zero-order chi connectivity index (χ0) is 27.5. The van der Waals surface area contributed by atoms with Crippen molar-refractivity contribution >= 4 is 10.0 Å². The van der Waals surface area contributed by atoms with Crippen LogP contribution in [-0.4, -0.2) is 35.1 Å². The number of H-pyrrole nitrogens is 1. The first-order valence-corrected chi connectivity index (χ1v) is 13.5. The van der Waals surface area contributed by atoms with E-state index in [4.69, 9.17) is 4.42 Å². The summed E-state index contributed by atoms with van der Waals surface area (Å²) in [6, 6.07) is 9.68. The molecule has 1 saturated heterocycles. The second kappa shape index (κ2) is 9.30. The summed E-state index contributed by atoms with van der Waals surface area (Å²) in [6.45, 7) is 1.23. The first kappa shape index (κ1) is 26.5. The average molecular weight is 558 g/mol. The maximum Gasteiger partial charge on any atom is 0.434 e. The molecule has 0 bridgehead atoms. The van der Waals surface area contributed by atoms with Crippen LogP contribution in [0.15, 0.2) is 51.7 Å². The van der Waals surface area contributed by atoms with Gasteiger partial charge in [-0.2, -0.15) is 17.5 Å². The number of hydrogen-bond acceptors (Lipinski definition) is 5. The van der Waals surface area contributed by atoms with Crippen molar-refractivity contribution in [3.63, 3.8) is 0 Å². The molecule has 2 heterocycles. The van der Waals surface area contributed by atoms with Gasteiger partial charge in [-0.15, -0.1) is 5.10 Å². The molecule has 5 rings (SSSR count). The third kappa shape index (κ3) is 4.45. The topological polar surface area (TPSA) is 96.3 Å². The van der Waals surface area contributed by atoms with Crippen LogP contribution in [0.1, 0.15) is 60.4 Å². The molecule has 38 heavy (non-hydrogen) atoms. The van der Waals surface area contributed by atoms with Crippen LogP contribution in [0.25, 0.3) is 0 Å². The Morgan fingerprint density at radius 1 is 1.11 bits per heavy atom. The van der Waals surface area contributed by atoms with Gasteiger partial charge in [0.15, 0.2) is 0 Å². The number of nitrogens with one attached hydrogen (secondary N) is 1. The third-order valence-electron chi connectivity index (χ3n) is 7.67. The number of rotatable bonds is 5. The van der Waals surface area contributed by atoms with Crippen LogP contribution in [0, 0.1) is 17.6 Å². The molecule has 3 aromatic rings. The molecule has 0 spiro atoms. The van der Waals surface area contributed by atoms with E-state index in [1.807, 2.05) is 5.10 Å². The molecule has 7 nitrogen and oxygen atoms in total. The summed E-state index contributed by atoms with van der Waals surface area (Å²) in [5.41, 5.74) is -1.91. The fraction of sp³-hybridized carbons (Fsp3) is 0.440. The van der Waals surface area contributed by atoms with Gasteiger partial charge in [0.1, 0.15) is 16.9 Å². The fourth-order valence-electron chi connectivity index (χ4n) is 5.55. The van der Waals surface area contributed by atoms with Crippen molar-refractivity contribution in [3.8, 4) is 0 Å². The van der Waals surface area contributed by atoms with Crippen molar-refractivity contribution in [2.45, 2.75) is 62.0 Å². The molecule has 13 heteroatoms. The standard InChI is InChI=1S/C25H24F5N3O4S/c1-14-7-8-21(15-5-3-2-4-6-15)38(35,36)33(14)13-16-9-20(27)18(10-19(16)26)24(22-31-32-23(34)37-22)11-17(12-24)25(28,29)30/h2-6,9-10,14,17,21H,7-8,11-13H2,1H3,(H,32,34)/t14-,17?,21+,24?/m0/s1. The highest BCUT2D eigenvalue weighted by Gasteiger charge is 2.60. The number of alkyl halides is 3. The molecule has 2 fully saturated rings. The number of sulfonamides is 1. The number of benzene rings is 2. The van der Waals surface area contributed by atoms with Crippen LogP contribution in [-0.2, 0) is 22.0 Å². The average Bonchev–Trinajstić information content (AvgIpc) is 3.24. The van der Waals surface area contributed by atoms with Crippen molar-refractivity contribution < 1.29 is 34.8 Å². The summed E-state index contributed by atoms with van der Waals surface area (Å²) >= 11 is 0. The zero-order valence-corrected chi connectivity index (χ0v) is 21.0. The van der Waals surface area contributed by atoms with Gasteiger partial charge in [-0.25, -0.2) is 27.1 Å². The first-order chi connectivity index (χ1) is 17.8. The van der Waals surface area contributed by atoms with Gasteiger partial charge in [0.25, 0.3) is 0 Å². The van der Waals surface area contributed by atoms with Gasteiger partial charge in [0.05, 0.1) is 11.3 Å². The summed E-state index contributed by atoms with van der Waals surface area (Å²) in [6.07, 6.45) is -5.08. The minimum Gasteiger partial charge on any atom is -0.392 e. The molecule has 1 aliphatic heterocycles. The molecule has 0 amide bonds. The molecule has 2 atom stereocenters. The number of aromatic amines is 1. The molecule has 1 saturated carbocycles. The Bertz CT molecular complexity index is 1500. The molecule has 1 aromatic heterocycles. The van der Waals surface area contributed by atoms with Gasteiger partial charge in [0, 0.05) is 23.7 Å². The van der Waals surface area contributed by atoms with E-state index >= 15 is 8.78 Å². The molecule has 204 valence electrons. The van der Waals surface area contributed by atoms with Gasteiger partial charge in [-0.05, 0) is 50.3 Å². The highest BCUT2D eigenvalue weighted by molar-refractivity contribution is 7.89. The van der Waals surface area contributed by atoms with Crippen molar-refractivity contribution in [1.29, 1.82) is 0 Å². The Hall–Kier alpha value is -3.06. The lowest BCUT2D eigenvalue weighted by atomic mass is 9.58. The predicted molar refractivity (Wildman–Crippen MR) is 125 cm³/mol. The maximum atomic E-state index is 15.5. The minimum atomic E-state index is -4.58. The Kier molecular flexibility index (Phi) is 6.49. The van der Waals surface area contributed by atoms with Crippen molar-refractivity contribution in [3.05, 3.63) is 87.2 Å². The molecule has 2 aromatic carbocycles. The predicted octanol–water partition coefficient (Wildman–Crippen LogP) is 4.95. The summed E-state index contributed by atoms with van der Waals surface area (Å²) in [7, 11) is -3.93. The highest BCUT2D eigenvalue weighted by Crippen LogP contribution is 2.57. The van der Waals surface area contributed by atoms with Crippen LogP contribution in [0.3, 0.4) is 0 Å². The third-order valence-corrected chi connectivity index (χ3v) is 10.0. The van der Waals surface area contributed by atoms with Crippen molar-refractivity contribution in [2.75, 3.05) is 0 Å². The maximum absolute atomic E-state index is 15.5. The van der Waals surface area contributed by atoms with Crippen molar-refractivity contribution in [2.24, 2.45) is 5.92 Å². The van der Waals surface area contributed by atoms with Crippen LogP contribution >= 0.6 is 0 Å². The van der Waals surface area contributed by atoms with Gasteiger partial charge < -0.3 is 4.42 Å². The molecule has 2 aliphatic rings. The van der Waals surface area contributed by atoms with E-state index in [9.17, 15) is 26.4 Å². The number of aromatic nitrogens is 2. The van der Waals surface area contributed by atoms with E-state index in [1.165, 1.54) is 0 Å². The quantitative estimate of drug-likeness (QED) is 0.448. The Labute approximate surface area is 214 Å². The lowest BCUT2D eigenvalue weighted by Gasteiger charge is -2.46. The van der Waals surface area contributed by atoms with E-state index in [1.54, 1.807) is 37.3 Å². The van der Waals surface area contributed by atoms with Crippen LogP contribution < -0.4 is 5.76 Å². The van der Waals surface area contributed by atoms with E-state index in [0.717, 1.165) is 16.4 Å². The van der Waals surface area contributed by atoms with Gasteiger partial charge in [-0.1, -0.05) is 30.3 Å². The Morgan fingerprint density at radius 3 is 2.39 bits per heavy atom. The molecule has 1 N–H and O–H groups in total. The largest absolute Gasteiger partial charge is 0.434 e. The smallest absolute Gasteiger partial charge is 0.392 e. The SMILES string of the molecule is C[C@H]1CC[C@H](c2ccccc2)S(=O)(=O)N1Cc1cc(F)c(C2(c3n[nH]c(=O)o3)CC(C(F)(F)F)C2)cc1F. The molecule has 0 radical (unpaired) electrons. The molecule has 1 aliphatic carbocycles. The Balaban J connectivity index is 1.49. The summed E-state index contributed by atoms with van der Waals surface area (Å²) in [5.74, 6) is -5.36. The monoisotopic (exact) mass is 557 g/mol. The van der Waals surface area contributed by atoms with E-state index in [-0.39, 0.29) is 5.56 Å². The first-order valence-electron chi connectivity index (χ1n) is 12.0. The summed E-state index contributed by atoms with van der Waals surface area (Å²) in [4.78, 5) is 11.5. The van der Waals surface area contributed by atoms with Crippen LogP contribution in [0.4, 0.5) is 22.0 Å². The summed E-state index contributed by atoms with van der Waals surface area (Å²) in [5, 5.41) is 4.72. The molecular formula is C25H24F5N3O4S. The lowest BCUT2D eigenvalue weighted by molar-refractivity contribution is -0.207. The second-order valence-corrected chi connectivity index (χ2v) is 12.1. The normalized spacial score (nSPS) is 27.7. The number of halogens is 5. The van der Waals surface area contributed by atoms with Gasteiger partial charge >= 0.3 is 11.9 Å². The lowest BCUT2D eigenvalue weighted by Crippen LogP contribution is -2.49. The van der Waals surface area contributed by atoms with Crippen molar-refractivity contribution in [1.82, 2.24) is 14.5 Å². The van der Waals surface area contributed by atoms with Gasteiger partial charge in [-0.3, -0.25) is 0 Å². The second-order valence-electron chi connectivity index (χ2n) is 9.99. The number of nitrogens with zero attached hydrogens (tertiary/aromatic N) is 2. The zero-order valence-electron chi connectivity index (χ0n) is 20.1. The summed E-state index contributed by atoms with van der Waals surface area (Å²) < 4.78 is 104. The fourth-order valence-corrected chi connectivity index (χ4v) is 7.74. The van der Waals surface area contributed by atoms with E-state index in [0.29, 0.717) is 18.4 Å². The van der Waals surface area contributed by atoms with Gasteiger partial charge in [0.2, 0.25) is 15.9 Å². The molecular weight excluding hydrogens is 533 g/mol. The Morgan fingerprint density at radius 2 is 1.79 bits per heavy atom. The van der Waals surface area contributed by atoms with E-state index < -0.39 is 87.1 Å². The minimum absolute atomic E-state index is 0.263.